The fraction of sp³-hybridized carbons (Fsp3) is 0.600. The SMILES string of the molecule is CCCc1nc(N(C)Cc2csc(C)n2)sc1CNCC. The van der Waals surface area contributed by atoms with E-state index in [0.717, 1.165) is 48.3 Å². The number of hydrogen-bond donors (Lipinski definition) is 1. The van der Waals surface area contributed by atoms with Crippen LogP contribution in [0.5, 0.6) is 0 Å². The minimum atomic E-state index is 0.823. The summed E-state index contributed by atoms with van der Waals surface area (Å²) < 4.78 is 0. The van der Waals surface area contributed by atoms with Crippen LogP contribution in [0.4, 0.5) is 5.13 Å². The third-order valence-electron chi connectivity index (χ3n) is 3.18. The summed E-state index contributed by atoms with van der Waals surface area (Å²) in [4.78, 5) is 12.9. The molecule has 0 saturated heterocycles. The molecule has 116 valence electrons. The molecule has 21 heavy (non-hydrogen) atoms. The van der Waals surface area contributed by atoms with Crippen LogP contribution in [0.3, 0.4) is 0 Å². The van der Waals surface area contributed by atoms with E-state index in [4.69, 9.17) is 4.98 Å². The lowest BCUT2D eigenvalue weighted by atomic mass is 10.2. The molecule has 2 aromatic heterocycles. The van der Waals surface area contributed by atoms with Gasteiger partial charge in [-0.3, -0.25) is 0 Å². The molecule has 2 heterocycles. The fourth-order valence-corrected chi connectivity index (χ4v) is 3.77. The first-order valence-electron chi connectivity index (χ1n) is 7.45. The van der Waals surface area contributed by atoms with Gasteiger partial charge in [-0.05, 0) is 19.9 Å². The molecular weight excluding hydrogens is 300 g/mol. The molecule has 2 rings (SSSR count). The zero-order valence-electron chi connectivity index (χ0n) is 13.3. The molecule has 4 nitrogen and oxygen atoms in total. The maximum atomic E-state index is 4.84. The molecule has 6 heteroatoms. The van der Waals surface area contributed by atoms with Crippen molar-refractivity contribution in [3.8, 4) is 0 Å². The van der Waals surface area contributed by atoms with Gasteiger partial charge in [0.15, 0.2) is 5.13 Å². The van der Waals surface area contributed by atoms with Crippen LogP contribution in [-0.2, 0) is 19.5 Å². The molecule has 0 aromatic carbocycles. The van der Waals surface area contributed by atoms with Crippen molar-refractivity contribution in [1.29, 1.82) is 0 Å². The van der Waals surface area contributed by atoms with Crippen molar-refractivity contribution in [2.45, 2.75) is 46.7 Å². The van der Waals surface area contributed by atoms with E-state index in [9.17, 15) is 0 Å². The highest BCUT2D eigenvalue weighted by atomic mass is 32.1. The summed E-state index contributed by atoms with van der Waals surface area (Å²) in [6.07, 6.45) is 2.19. The molecular formula is C15H24N4S2. The van der Waals surface area contributed by atoms with Crippen molar-refractivity contribution >= 4 is 27.8 Å². The normalized spacial score (nSPS) is 11.0. The van der Waals surface area contributed by atoms with E-state index in [1.54, 1.807) is 22.7 Å². The summed E-state index contributed by atoms with van der Waals surface area (Å²) in [6, 6.07) is 0. The molecule has 0 atom stereocenters. The summed E-state index contributed by atoms with van der Waals surface area (Å²) in [5, 5.41) is 7.76. The molecule has 1 N–H and O–H groups in total. The molecule has 0 bridgehead atoms. The first kappa shape index (κ1) is 16.4. The predicted molar refractivity (Wildman–Crippen MR) is 92.4 cm³/mol. The number of nitrogens with one attached hydrogen (secondary N) is 1. The van der Waals surface area contributed by atoms with Gasteiger partial charge in [-0.25, -0.2) is 9.97 Å². The summed E-state index contributed by atoms with van der Waals surface area (Å²) in [5.41, 5.74) is 2.38. The standard InChI is InChI=1S/C15H24N4S2/c1-5-7-13-14(8-16-6-2)21-15(18-13)19(4)9-12-10-20-11(3)17-12/h10,16H,5-9H2,1-4H3. The molecule has 0 unspecified atom stereocenters. The lowest BCUT2D eigenvalue weighted by Crippen LogP contribution is -2.16. The largest absolute Gasteiger partial charge is 0.345 e. The highest BCUT2D eigenvalue weighted by Crippen LogP contribution is 2.27. The second-order valence-electron chi connectivity index (χ2n) is 5.11. The van der Waals surface area contributed by atoms with Gasteiger partial charge in [0.2, 0.25) is 0 Å². The number of thiazole rings is 2. The first-order valence-corrected chi connectivity index (χ1v) is 9.15. The fourth-order valence-electron chi connectivity index (χ4n) is 2.13. The van der Waals surface area contributed by atoms with Crippen molar-refractivity contribution in [2.24, 2.45) is 0 Å². The van der Waals surface area contributed by atoms with E-state index in [1.807, 2.05) is 6.92 Å². The number of nitrogens with zero attached hydrogens (tertiary/aromatic N) is 3. The van der Waals surface area contributed by atoms with Crippen molar-refractivity contribution in [1.82, 2.24) is 15.3 Å². The second kappa shape index (κ2) is 7.87. The van der Waals surface area contributed by atoms with Gasteiger partial charge in [0.05, 0.1) is 22.9 Å². The van der Waals surface area contributed by atoms with Gasteiger partial charge in [-0.1, -0.05) is 20.3 Å². The summed E-state index contributed by atoms with van der Waals surface area (Å²) in [7, 11) is 2.10. The van der Waals surface area contributed by atoms with Crippen molar-refractivity contribution in [2.75, 3.05) is 18.5 Å². The Labute approximate surface area is 135 Å². The average molecular weight is 325 g/mol. The van der Waals surface area contributed by atoms with Gasteiger partial charge in [0.1, 0.15) is 0 Å². The Balaban J connectivity index is 2.10. The highest BCUT2D eigenvalue weighted by Gasteiger charge is 2.14. The van der Waals surface area contributed by atoms with Crippen molar-refractivity contribution in [3.05, 3.63) is 26.7 Å². The summed E-state index contributed by atoms with van der Waals surface area (Å²) >= 11 is 3.51. The number of aromatic nitrogens is 2. The number of aryl methyl sites for hydroxylation is 2. The molecule has 0 spiro atoms. The molecule has 0 aliphatic rings. The van der Waals surface area contributed by atoms with E-state index in [-0.39, 0.29) is 0 Å². The van der Waals surface area contributed by atoms with Crippen LogP contribution >= 0.6 is 22.7 Å². The Bertz CT molecular complexity index is 562. The van der Waals surface area contributed by atoms with E-state index >= 15 is 0 Å². The first-order chi connectivity index (χ1) is 10.1. The highest BCUT2D eigenvalue weighted by molar-refractivity contribution is 7.15. The van der Waals surface area contributed by atoms with Gasteiger partial charge in [0, 0.05) is 23.8 Å². The van der Waals surface area contributed by atoms with Crippen LogP contribution in [0.25, 0.3) is 0 Å². The second-order valence-corrected chi connectivity index (χ2v) is 7.23. The Hall–Kier alpha value is -0.980. The van der Waals surface area contributed by atoms with Gasteiger partial charge < -0.3 is 10.2 Å². The topological polar surface area (TPSA) is 41.1 Å². The third kappa shape index (κ3) is 4.49. The Kier molecular flexibility index (Phi) is 6.14. The molecule has 0 radical (unpaired) electrons. The van der Waals surface area contributed by atoms with Crippen molar-refractivity contribution in [3.63, 3.8) is 0 Å². The lowest BCUT2D eigenvalue weighted by Gasteiger charge is -2.13. The van der Waals surface area contributed by atoms with E-state index in [0.29, 0.717) is 0 Å². The molecule has 2 aromatic rings. The maximum absolute atomic E-state index is 4.84. The van der Waals surface area contributed by atoms with Crippen LogP contribution in [0.15, 0.2) is 5.38 Å². The summed E-state index contributed by atoms with van der Waals surface area (Å²) in [5.74, 6) is 0. The van der Waals surface area contributed by atoms with E-state index in [1.165, 1.54) is 10.6 Å². The molecule has 0 aliphatic heterocycles. The number of hydrogen-bond acceptors (Lipinski definition) is 6. The predicted octanol–water partition coefficient (Wildman–Crippen LogP) is 3.61. The zero-order valence-corrected chi connectivity index (χ0v) is 14.9. The molecule has 0 aliphatic carbocycles. The van der Waals surface area contributed by atoms with Crippen LogP contribution in [-0.4, -0.2) is 23.6 Å². The van der Waals surface area contributed by atoms with Crippen LogP contribution < -0.4 is 10.2 Å². The smallest absolute Gasteiger partial charge is 0.185 e. The van der Waals surface area contributed by atoms with Gasteiger partial charge in [-0.15, -0.1) is 22.7 Å². The van der Waals surface area contributed by atoms with Crippen LogP contribution in [0.1, 0.15) is 41.5 Å². The Morgan fingerprint density at radius 2 is 2.10 bits per heavy atom. The number of rotatable bonds is 8. The Morgan fingerprint density at radius 1 is 1.29 bits per heavy atom. The van der Waals surface area contributed by atoms with E-state index in [2.05, 4.69) is 41.5 Å². The van der Waals surface area contributed by atoms with Crippen LogP contribution in [0, 0.1) is 6.92 Å². The monoisotopic (exact) mass is 324 g/mol. The summed E-state index contributed by atoms with van der Waals surface area (Å²) in [6.45, 7) is 9.13. The average Bonchev–Trinajstić information content (AvgIpc) is 3.04. The minimum Gasteiger partial charge on any atom is -0.345 e. The Morgan fingerprint density at radius 3 is 2.71 bits per heavy atom. The van der Waals surface area contributed by atoms with Gasteiger partial charge in [-0.2, -0.15) is 0 Å². The quantitative estimate of drug-likeness (QED) is 0.805. The van der Waals surface area contributed by atoms with Crippen LogP contribution in [0.2, 0.25) is 0 Å². The van der Waals surface area contributed by atoms with Gasteiger partial charge >= 0.3 is 0 Å². The van der Waals surface area contributed by atoms with Crippen molar-refractivity contribution < 1.29 is 0 Å². The van der Waals surface area contributed by atoms with Gasteiger partial charge in [0.25, 0.3) is 0 Å². The van der Waals surface area contributed by atoms with E-state index < -0.39 is 0 Å². The minimum absolute atomic E-state index is 0.823. The number of anilines is 1. The molecule has 0 saturated carbocycles. The molecule has 0 amide bonds. The maximum Gasteiger partial charge on any atom is 0.185 e. The molecule has 0 fully saturated rings. The third-order valence-corrected chi connectivity index (χ3v) is 5.22. The lowest BCUT2D eigenvalue weighted by molar-refractivity contribution is 0.723. The zero-order chi connectivity index (χ0) is 15.2.